The van der Waals surface area contributed by atoms with Gasteiger partial charge in [0.25, 0.3) is 5.91 Å². The molecule has 4 rings (SSSR count). The van der Waals surface area contributed by atoms with Crippen molar-refractivity contribution in [3.05, 3.63) is 59.8 Å². The van der Waals surface area contributed by atoms with Crippen LogP contribution in [0.3, 0.4) is 0 Å². The number of carbonyl (C=O) groups is 1. The molecule has 2 aliphatic rings. The Bertz CT molecular complexity index is 763. The molecular weight excluding hydrogens is 360 g/mol. The summed E-state index contributed by atoms with van der Waals surface area (Å²) in [4.78, 5) is 19.3. The third-order valence-corrected chi connectivity index (χ3v) is 6.25. The minimum atomic E-state index is 0.116. The van der Waals surface area contributed by atoms with Crippen molar-refractivity contribution in [3.8, 4) is 0 Å². The summed E-state index contributed by atoms with van der Waals surface area (Å²) in [6.45, 7) is 3.78. The Morgan fingerprint density at radius 3 is 2.62 bits per heavy atom. The number of pyridine rings is 1. The summed E-state index contributed by atoms with van der Waals surface area (Å²) in [5.74, 6) is 1.69. The highest BCUT2D eigenvalue weighted by molar-refractivity contribution is 5.94. The molecule has 0 aliphatic carbocycles. The number of aromatic nitrogens is 1. The van der Waals surface area contributed by atoms with E-state index in [2.05, 4.69) is 45.9 Å². The standard InChI is InChI=1S/C24H32N4O/c29-24(21-10-11-23(26-17-21)27-22-7-4-14-25-18-22)28-15-12-20(13-16-28)9-8-19-5-2-1-3-6-19/h1-3,5-6,10-11,17,20,22,25H,4,7-9,12-16,18H2,(H,26,27)/t22-/m1/s1. The third-order valence-electron chi connectivity index (χ3n) is 6.25. The lowest BCUT2D eigenvalue weighted by atomic mass is 9.90. The maximum Gasteiger partial charge on any atom is 0.255 e. The van der Waals surface area contributed by atoms with Crippen molar-refractivity contribution in [1.82, 2.24) is 15.2 Å². The first-order valence-electron chi connectivity index (χ1n) is 11.0. The molecule has 0 unspecified atom stereocenters. The van der Waals surface area contributed by atoms with Gasteiger partial charge in [0.1, 0.15) is 5.82 Å². The smallest absolute Gasteiger partial charge is 0.255 e. The number of hydrogen-bond donors (Lipinski definition) is 2. The highest BCUT2D eigenvalue weighted by Crippen LogP contribution is 2.23. The van der Waals surface area contributed by atoms with Gasteiger partial charge in [-0.15, -0.1) is 0 Å². The highest BCUT2D eigenvalue weighted by atomic mass is 16.2. The van der Waals surface area contributed by atoms with Crippen LogP contribution in [0.1, 0.15) is 48.0 Å². The SMILES string of the molecule is O=C(c1ccc(N[C@@H]2CCCNC2)nc1)N1CCC(CCc2ccccc2)CC1. The molecule has 2 N–H and O–H groups in total. The number of aryl methyl sites for hydroxylation is 1. The molecular formula is C24H32N4O. The summed E-state index contributed by atoms with van der Waals surface area (Å²) < 4.78 is 0. The first kappa shape index (κ1) is 19.9. The van der Waals surface area contributed by atoms with Crippen molar-refractivity contribution in [2.24, 2.45) is 5.92 Å². The number of benzene rings is 1. The summed E-state index contributed by atoms with van der Waals surface area (Å²) in [7, 11) is 0. The zero-order valence-corrected chi connectivity index (χ0v) is 17.1. The molecule has 154 valence electrons. The minimum absolute atomic E-state index is 0.116. The van der Waals surface area contributed by atoms with E-state index in [0.717, 1.165) is 57.7 Å². The quantitative estimate of drug-likeness (QED) is 0.786. The largest absolute Gasteiger partial charge is 0.366 e. The normalized spacial score (nSPS) is 20.4. The van der Waals surface area contributed by atoms with E-state index in [-0.39, 0.29) is 5.91 Å². The number of nitrogens with zero attached hydrogens (tertiary/aromatic N) is 2. The van der Waals surface area contributed by atoms with Crippen molar-refractivity contribution in [1.29, 1.82) is 0 Å². The summed E-state index contributed by atoms with van der Waals surface area (Å²) in [5, 5.41) is 6.86. The zero-order chi connectivity index (χ0) is 19.9. The fraction of sp³-hybridized carbons (Fsp3) is 0.500. The maximum atomic E-state index is 12.8. The van der Waals surface area contributed by atoms with E-state index in [4.69, 9.17) is 0 Å². The molecule has 3 heterocycles. The van der Waals surface area contributed by atoms with Crippen LogP contribution in [0.4, 0.5) is 5.82 Å². The van der Waals surface area contributed by atoms with E-state index < -0.39 is 0 Å². The molecule has 0 spiro atoms. The van der Waals surface area contributed by atoms with Crippen LogP contribution in [0.15, 0.2) is 48.7 Å². The van der Waals surface area contributed by atoms with Crippen molar-refractivity contribution in [3.63, 3.8) is 0 Å². The third kappa shape index (κ3) is 5.57. The molecule has 1 aromatic heterocycles. The summed E-state index contributed by atoms with van der Waals surface area (Å²) in [6, 6.07) is 15.0. The number of piperidine rings is 2. The molecule has 2 saturated heterocycles. The van der Waals surface area contributed by atoms with E-state index in [9.17, 15) is 4.79 Å². The molecule has 2 aromatic rings. The van der Waals surface area contributed by atoms with Crippen LogP contribution in [-0.2, 0) is 6.42 Å². The Hall–Kier alpha value is -2.40. The number of likely N-dealkylation sites (tertiary alicyclic amines) is 1. The van der Waals surface area contributed by atoms with Crippen molar-refractivity contribution in [2.75, 3.05) is 31.5 Å². The van der Waals surface area contributed by atoms with Gasteiger partial charge >= 0.3 is 0 Å². The lowest BCUT2D eigenvalue weighted by Gasteiger charge is -2.32. The summed E-state index contributed by atoms with van der Waals surface area (Å²) >= 11 is 0. The second-order valence-corrected chi connectivity index (χ2v) is 8.38. The molecule has 2 fully saturated rings. The van der Waals surface area contributed by atoms with Gasteiger partial charge in [0, 0.05) is 31.9 Å². The van der Waals surface area contributed by atoms with Crippen LogP contribution in [0.2, 0.25) is 0 Å². The van der Waals surface area contributed by atoms with Gasteiger partial charge in [-0.1, -0.05) is 30.3 Å². The monoisotopic (exact) mass is 392 g/mol. The molecule has 2 aliphatic heterocycles. The highest BCUT2D eigenvalue weighted by Gasteiger charge is 2.24. The van der Waals surface area contributed by atoms with Crippen molar-refractivity contribution < 1.29 is 4.79 Å². The molecule has 0 bridgehead atoms. The second kappa shape index (κ2) is 9.88. The van der Waals surface area contributed by atoms with E-state index in [1.165, 1.54) is 18.4 Å². The average molecular weight is 393 g/mol. The number of hydrogen-bond acceptors (Lipinski definition) is 4. The average Bonchev–Trinajstić information content (AvgIpc) is 2.79. The number of anilines is 1. The van der Waals surface area contributed by atoms with Gasteiger partial charge in [-0.3, -0.25) is 4.79 Å². The zero-order valence-electron chi connectivity index (χ0n) is 17.1. The summed E-state index contributed by atoms with van der Waals surface area (Å²) in [5.41, 5.74) is 2.11. The molecule has 0 saturated carbocycles. The molecule has 1 atom stereocenters. The van der Waals surface area contributed by atoms with Crippen LogP contribution < -0.4 is 10.6 Å². The maximum absolute atomic E-state index is 12.8. The van der Waals surface area contributed by atoms with Gasteiger partial charge in [0.2, 0.25) is 0 Å². The fourth-order valence-corrected chi connectivity index (χ4v) is 4.41. The fourth-order valence-electron chi connectivity index (χ4n) is 4.41. The van der Waals surface area contributed by atoms with Crippen LogP contribution in [0, 0.1) is 5.92 Å². The van der Waals surface area contributed by atoms with Gasteiger partial charge < -0.3 is 15.5 Å². The first-order valence-corrected chi connectivity index (χ1v) is 11.0. The number of amides is 1. The van der Waals surface area contributed by atoms with E-state index in [1.54, 1.807) is 6.20 Å². The van der Waals surface area contributed by atoms with E-state index in [1.807, 2.05) is 17.0 Å². The Morgan fingerprint density at radius 1 is 1.10 bits per heavy atom. The van der Waals surface area contributed by atoms with Gasteiger partial charge in [-0.25, -0.2) is 4.98 Å². The molecule has 5 nitrogen and oxygen atoms in total. The number of nitrogens with one attached hydrogen (secondary N) is 2. The van der Waals surface area contributed by atoms with Crippen LogP contribution in [-0.4, -0.2) is 48.0 Å². The molecule has 29 heavy (non-hydrogen) atoms. The Balaban J connectivity index is 1.23. The van der Waals surface area contributed by atoms with Gasteiger partial charge in [0.05, 0.1) is 5.56 Å². The Morgan fingerprint density at radius 2 is 1.93 bits per heavy atom. The second-order valence-electron chi connectivity index (χ2n) is 8.38. The predicted octanol–water partition coefficient (Wildman–Crippen LogP) is 3.73. The Labute approximate surface area is 173 Å². The molecule has 1 amide bonds. The number of carbonyl (C=O) groups excluding carboxylic acids is 1. The Kier molecular flexibility index (Phi) is 6.78. The van der Waals surface area contributed by atoms with Gasteiger partial charge in [-0.05, 0) is 68.7 Å². The summed E-state index contributed by atoms with van der Waals surface area (Å²) in [6.07, 6.45) is 8.62. The van der Waals surface area contributed by atoms with E-state index >= 15 is 0 Å². The van der Waals surface area contributed by atoms with E-state index in [0.29, 0.717) is 17.5 Å². The lowest BCUT2D eigenvalue weighted by Crippen LogP contribution is -2.39. The first-order chi connectivity index (χ1) is 14.3. The van der Waals surface area contributed by atoms with Crippen LogP contribution in [0.5, 0.6) is 0 Å². The van der Waals surface area contributed by atoms with Crippen molar-refractivity contribution >= 4 is 11.7 Å². The van der Waals surface area contributed by atoms with Crippen LogP contribution >= 0.6 is 0 Å². The molecule has 1 aromatic carbocycles. The lowest BCUT2D eigenvalue weighted by molar-refractivity contribution is 0.0686. The van der Waals surface area contributed by atoms with Crippen LogP contribution in [0.25, 0.3) is 0 Å². The number of rotatable bonds is 6. The molecule has 0 radical (unpaired) electrons. The van der Waals surface area contributed by atoms with Gasteiger partial charge in [-0.2, -0.15) is 0 Å². The van der Waals surface area contributed by atoms with Gasteiger partial charge in [0.15, 0.2) is 0 Å². The topological polar surface area (TPSA) is 57.3 Å². The minimum Gasteiger partial charge on any atom is -0.366 e. The molecule has 5 heteroatoms. The predicted molar refractivity (Wildman–Crippen MR) is 117 cm³/mol. The van der Waals surface area contributed by atoms with Crippen molar-refractivity contribution in [2.45, 2.75) is 44.6 Å².